The highest BCUT2D eigenvalue weighted by Gasteiger charge is 2.48. The third kappa shape index (κ3) is 2.99. The van der Waals surface area contributed by atoms with Crippen LogP contribution in [0.15, 0.2) is 53.0 Å². The molecule has 0 spiro atoms. The zero-order valence-electron chi connectivity index (χ0n) is 12.3. The summed E-state index contributed by atoms with van der Waals surface area (Å²) in [5.74, 6) is -0.277. The van der Waals surface area contributed by atoms with E-state index in [9.17, 15) is 9.59 Å². The first-order chi connectivity index (χ1) is 10.9. The van der Waals surface area contributed by atoms with Gasteiger partial charge >= 0.3 is 6.03 Å². The zero-order chi connectivity index (χ0) is 16.6. The molecule has 0 aromatic heterocycles. The lowest BCUT2D eigenvalue weighted by molar-refractivity contribution is -0.131. The third-order valence-corrected chi connectivity index (χ3v) is 4.64. The molecule has 1 fully saturated rings. The number of amides is 3. The molecule has 1 atom stereocenters. The van der Waals surface area contributed by atoms with Crippen molar-refractivity contribution >= 4 is 39.5 Å². The Kier molecular flexibility index (Phi) is 4.17. The molecule has 23 heavy (non-hydrogen) atoms. The van der Waals surface area contributed by atoms with Gasteiger partial charge < -0.3 is 5.32 Å². The summed E-state index contributed by atoms with van der Waals surface area (Å²) < 4.78 is 0.853. The fourth-order valence-corrected chi connectivity index (χ4v) is 3.27. The van der Waals surface area contributed by atoms with Crippen molar-refractivity contribution in [3.63, 3.8) is 0 Å². The number of carbonyl (C=O) groups excluding carboxylic acids is 2. The van der Waals surface area contributed by atoms with E-state index in [1.807, 2.05) is 30.3 Å². The van der Waals surface area contributed by atoms with Gasteiger partial charge in [-0.2, -0.15) is 0 Å². The molecule has 1 aliphatic heterocycles. The SMILES string of the molecule is CC1(c2cccc(Br)c2)NC(=O)N(Cc2cccc(Cl)c2)C1=O. The van der Waals surface area contributed by atoms with Crippen LogP contribution < -0.4 is 5.32 Å². The number of hydrogen-bond donors (Lipinski definition) is 1. The molecule has 4 nitrogen and oxygen atoms in total. The van der Waals surface area contributed by atoms with Gasteiger partial charge in [-0.1, -0.05) is 51.8 Å². The van der Waals surface area contributed by atoms with Crippen LogP contribution in [0.5, 0.6) is 0 Å². The summed E-state index contributed by atoms with van der Waals surface area (Å²) in [6.07, 6.45) is 0. The lowest BCUT2D eigenvalue weighted by atomic mass is 9.92. The number of benzene rings is 2. The highest BCUT2D eigenvalue weighted by molar-refractivity contribution is 9.10. The molecule has 0 bridgehead atoms. The Labute approximate surface area is 147 Å². The van der Waals surface area contributed by atoms with E-state index in [4.69, 9.17) is 11.6 Å². The van der Waals surface area contributed by atoms with E-state index in [0.29, 0.717) is 5.02 Å². The number of carbonyl (C=O) groups is 2. The molecule has 1 aliphatic rings. The number of hydrogen-bond acceptors (Lipinski definition) is 2. The minimum absolute atomic E-state index is 0.189. The Bertz CT molecular complexity index is 796. The molecule has 6 heteroatoms. The van der Waals surface area contributed by atoms with E-state index >= 15 is 0 Å². The van der Waals surface area contributed by atoms with Crippen molar-refractivity contribution in [2.45, 2.75) is 19.0 Å². The van der Waals surface area contributed by atoms with Crippen LogP contribution in [0.3, 0.4) is 0 Å². The maximum Gasteiger partial charge on any atom is 0.325 e. The number of halogens is 2. The first kappa shape index (κ1) is 16.0. The molecular formula is C17H14BrClN2O2. The molecule has 118 valence electrons. The minimum atomic E-state index is -1.07. The van der Waals surface area contributed by atoms with Crippen molar-refractivity contribution in [3.8, 4) is 0 Å². The van der Waals surface area contributed by atoms with E-state index < -0.39 is 11.6 Å². The fourth-order valence-electron chi connectivity index (χ4n) is 2.65. The van der Waals surface area contributed by atoms with Gasteiger partial charge in [0.2, 0.25) is 0 Å². The van der Waals surface area contributed by atoms with Gasteiger partial charge in [-0.25, -0.2) is 4.79 Å². The maximum atomic E-state index is 12.8. The first-order valence-corrected chi connectivity index (χ1v) is 8.22. The molecule has 3 amide bonds. The van der Waals surface area contributed by atoms with Crippen LogP contribution >= 0.6 is 27.5 Å². The van der Waals surface area contributed by atoms with Crippen molar-refractivity contribution in [1.29, 1.82) is 0 Å². The molecule has 2 aromatic carbocycles. The van der Waals surface area contributed by atoms with Crippen molar-refractivity contribution in [3.05, 3.63) is 69.2 Å². The summed E-state index contributed by atoms with van der Waals surface area (Å²) in [5.41, 5.74) is 0.470. The Balaban J connectivity index is 1.90. The molecular weight excluding hydrogens is 380 g/mol. The van der Waals surface area contributed by atoms with Gasteiger partial charge in [0.25, 0.3) is 5.91 Å². The van der Waals surface area contributed by atoms with Gasteiger partial charge in [0, 0.05) is 9.50 Å². The summed E-state index contributed by atoms with van der Waals surface area (Å²) >= 11 is 9.36. The van der Waals surface area contributed by atoms with Crippen LogP contribution in [0.1, 0.15) is 18.1 Å². The lowest BCUT2D eigenvalue weighted by Gasteiger charge is -2.22. The van der Waals surface area contributed by atoms with E-state index in [2.05, 4.69) is 21.2 Å². The number of imide groups is 1. The Morgan fingerprint density at radius 2 is 1.91 bits per heavy atom. The first-order valence-electron chi connectivity index (χ1n) is 7.05. The quantitative estimate of drug-likeness (QED) is 0.799. The van der Waals surface area contributed by atoms with Gasteiger partial charge in [-0.05, 0) is 42.3 Å². The van der Waals surface area contributed by atoms with Crippen LogP contribution in [-0.4, -0.2) is 16.8 Å². The largest absolute Gasteiger partial charge is 0.325 e. The number of urea groups is 1. The Morgan fingerprint density at radius 1 is 1.17 bits per heavy atom. The zero-order valence-corrected chi connectivity index (χ0v) is 14.7. The van der Waals surface area contributed by atoms with Gasteiger partial charge in [0.15, 0.2) is 0 Å². The lowest BCUT2D eigenvalue weighted by Crippen LogP contribution is -2.40. The third-order valence-electron chi connectivity index (χ3n) is 3.91. The monoisotopic (exact) mass is 392 g/mol. The second kappa shape index (κ2) is 5.98. The average Bonchev–Trinajstić information content (AvgIpc) is 2.72. The average molecular weight is 394 g/mol. The summed E-state index contributed by atoms with van der Waals surface area (Å²) in [6.45, 7) is 1.90. The van der Waals surface area contributed by atoms with Crippen molar-refractivity contribution in [1.82, 2.24) is 10.2 Å². The standard InChI is InChI=1S/C17H14BrClN2O2/c1-17(12-5-3-6-13(18)9-12)15(22)21(16(23)20-17)10-11-4-2-7-14(19)8-11/h2-9H,10H2,1H3,(H,20,23). The van der Waals surface area contributed by atoms with Gasteiger partial charge in [0.1, 0.15) is 5.54 Å². The van der Waals surface area contributed by atoms with Gasteiger partial charge in [0.05, 0.1) is 6.54 Å². The second-order valence-electron chi connectivity index (χ2n) is 5.59. The van der Waals surface area contributed by atoms with Gasteiger partial charge in [-0.3, -0.25) is 9.69 Å². The number of nitrogens with one attached hydrogen (secondary N) is 1. The van der Waals surface area contributed by atoms with Crippen LogP contribution in [0.4, 0.5) is 4.79 Å². The summed E-state index contributed by atoms with van der Waals surface area (Å²) in [5, 5.41) is 3.37. The van der Waals surface area contributed by atoms with E-state index in [0.717, 1.165) is 15.6 Å². The maximum absolute atomic E-state index is 12.8. The highest BCUT2D eigenvalue weighted by Crippen LogP contribution is 2.31. The second-order valence-corrected chi connectivity index (χ2v) is 6.94. The van der Waals surface area contributed by atoms with Crippen LogP contribution in [0, 0.1) is 0 Å². The highest BCUT2D eigenvalue weighted by atomic mass is 79.9. The van der Waals surface area contributed by atoms with Crippen molar-refractivity contribution in [2.75, 3.05) is 0 Å². The van der Waals surface area contributed by atoms with Crippen LogP contribution in [0.2, 0.25) is 5.02 Å². The fraction of sp³-hybridized carbons (Fsp3) is 0.176. The summed E-state index contributed by atoms with van der Waals surface area (Å²) in [6, 6.07) is 14.1. The topological polar surface area (TPSA) is 49.4 Å². The number of nitrogens with zero attached hydrogens (tertiary/aromatic N) is 1. The van der Waals surface area contributed by atoms with Gasteiger partial charge in [-0.15, -0.1) is 0 Å². The molecule has 1 unspecified atom stereocenters. The smallest absolute Gasteiger partial charge is 0.319 e. The summed E-state index contributed by atoms with van der Waals surface area (Å²) in [4.78, 5) is 26.3. The number of rotatable bonds is 3. The van der Waals surface area contributed by atoms with E-state index in [1.165, 1.54) is 4.90 Å². The van der Waals surface area contributed by atoms with E-state index in [1.54, 1.807) is 25.1 Å². The molecule has 0 radical (unpaired) electrons. The molecule has 2 aromatic rings. The Morgan fingerprint density at radius 3 is 2.61 bits per heavy atom. The predicted octanol–water partition coefficient (Wildman–Crippen LogP) is 4.07. The van der Waals surface area contributed by atoms with Crippen LogP contribution in [0.25, 0.3) is 0 Å². The summed E-state index contributed by atoms with van der Waals surface area (Å²) in [7, 11) is 0. The molecule has 1 heterocycles. The van der Waals surface area contributed by atoms with E-state index in [-0.39, 0.29) is 12.5 Å². The Hall–Kier alpha value is -1.85. The minimum Gasteiger partial charge on any atom is -0.319 e. The predicted molar refractivity (Wildman–Crippen MR) is 92.0 cm³/mol. The van der Waals surface area contributed by atoms with Crippen molar-refractivity contribution in [2.24, 2.45) is 0 Å². The normalized spacial score (nSPS) is 20.7. The molecule has 0 saturated carbocycles. The molecule has 1 saturated heterocycles. The van der Waals surface area contributed by atoms with Crippen LogP contribution in [-0.2, 0) is 16.9 Å². The molecule has 1 N–H and O–H groups in total. The van der Waals surface area contributed by atoms with Crippen molar-refractivity contribution < 1.29 is 9.59 Å². The molecule has 3 rings (SSSR count). The molecule has 0 aliphatic carbocycles.